The number of nitrogens with zero attached hydrogens (tertiary/aromatic N) is 2. The summed E-state index contributed by atoms with van der Waals surface area (Å²) in [6, 6.07) is 3.22. The lowest BCUT2D eigenvalue weighted by Crippen LogP contribution is -2.39. The highest BCUT2D eigenvalue weighted by molar-refractivity contribution is 6.29. The van der Waals surface area contributed by atoms with E-state index in [-0.39, 0.29) is 23.5 Å². The Hall–Kier alpha value is -1.62. The number of carbonyl (C=O) groups excluding carboxylic acids is 2. The summed E-state index contributed by atoms with van der Waals surface area (Å²) in [5.41, 5.74) is 1.20. The second-order valence-corrected chi connectivity index (χ2v) is 5.77. The van der Waals surface area contributed by atoms with Crippen molar-refractivity contribution in [1.82, 2.24) is 15.2 Å². The van der Waals surface area contributed by atoms with Gasteiger partial charge in [0.25, 0.3) is 5.91 Å². The average Bonchev–Trinajstić information content (AvgIpc) is 2.43. The van der Waals surface area contributed by atoms with Crippen LogP contribution in [0, 0.1) is 5.92 Å². The first-order valence-electron chi connectivity index (χ1n) is 7.02. The van der Waals surface area contributed by atoms with Crippen molar-refractivity contribution >= 4 is 23.4 Å². The van der Waals surface area contributed by atoms with E-state index in [2.05, 4.69) is 10.3 Å². The first-order chi connectivity index (χ1) is 9.83. The quantitative estimate of drug-likeness (QED) is 0.819. The minimum Gasteiger partial charge on any atom is -0.354 e. The van der Waals surface area contributed by atoms with Gasteiger partial charge in [0.2, 0.25) is 5.91 Å². The summed E-state index contributed by atoms with van der Waals surface area (Å²) in [4.78, 5) is 29.5. The van der Waals surface area contributed by atoms with Gasteiger partial charge in [-0.3, -0.25) is 9.59 Å². The van der Waals surface area contributed by atoms with Crippen LogP contribution in [0.1, 0.15) is 36.8 Å². The highest BCUT2D eigenvalue weighted by Crippen LogP contribution is 2.13. The Bertz CT molecular complexity index is 518. The topological polar surface area (TPSA) is 62.3 Å². The van der Waals surface area contributed by atoms with E-state index in [1.807, 2.05) is 20.8 Å². The van der Waals surface area contributed by atoms with Crippen molar-refractivity contribution in [2.45, 2.75) is 27.2 Å². The monoisotopic (exact) mass is 311 g/mol. The Morgan fingerprint density at radius 2 is 2.05 bits per heavy atom. The van der Waals surface area contributed by atoms with Gasteiger partial charge in [0.1, 0.15) is 5.15 Å². The first kappa shape index (κ1) is 17.4. The maximum atomic E-state index is 12.3. The molecule has 2 amide bonds. The molecule has 21 heavy (non-hydrogen) atoms. The van der Waals surface area contributed by atoms with Crippen LogP contribution in [0.2, 0.25) is 5.15 Å². The number of nitrogens with one attached hydrogen (secondary N) is 1. The van der Waals surface area contributed by atoms with Crippen molar-refractivity contribution in [1.29, 1.82) is 0 Å². The zero-order valence-electron chi connectivity index (χ0n) is 12.9. The lowest BCUT2D eigenvalue weighted by atomic mass is 10.2. The van der Waals surface area contributed by atoms with Crippen LogP contribution in [-0.4, -0.2) is 41.8 Å². The molecule has 1 aromatic heterocycles. The molecule has 1 heterocycles. The third-order valence-electron chi connectivity index (χ3n) is 2.89. The number of hydrogen-bond acceptors (Lipinski definition) is 3. The maximum Gasteiger partial charge on any atom is 0.254 e. The average molecular weight is 312 g/mol. The standard InChI is InChI=1S/C15H22ClN3O2/c1-5-12-6-11(7-13(16)18-12)15(21)19(4)9-14(20)17-8-10(2)3/h6-7,10H,5,8-9H2,1-4H3,(H,17,20). The van der Waals surface area contributed by atoms with Gasteiger partial charge in [0.15, 0.2) is 0 Å². The first-order valence-corrected chi connectivity index (χ1v) is 7.39. The fraction of sp³-hybridized carbons (Fsp3) is 0.533. The van der Waals surface area contributed by atoms with Crippen molar-refractivity contribution in [3.63, 3.8) is 0 Å². The largest absolute Gasteiger partial charge is 0.354 e. The van der Waals surface area contributed by atoms with Crippen molar-refractivity contribution in [3.8, 4) is 0 Å². The summed E-state index contributed by atoms with van der Waals surface area (Å²) in [7, 11) is 1.59. The molecule has 0 bridgehead atoms. The molecule has 0 aliphatic carbocycles. The number of pyridine rings is 1. The van der Waals surface area contributed by atoms with Crippen LogP contribution in [-0.2, 0) is 11.2 Å². The van der Waals surface area contributed by atoms with Gasteiger partial charge in [-0.2, -0.15) is 0 Å². The van der Waals surface area contributed by atoms with Gasteiger partial charge in [0, 0.05) is 24.8 Å². The molecule has 6 heteroatoms. The molecule has 1 aromatic rings. The molecule has 0 saturated carbocycles. The van der Waals surface area contributed by atoms with E-state index in [1.165, 1.54) is 11.0 Å². The molecule has 1 rings (SSSR count). The van der Waals surface area contributed by atoms with Crippen LogP contribution >= 0.6 is 11.6 Å². The molecule has 0 aliphatic rings. The molecule has 0 spiro atoms. The van der Waals surface area contributed by atoms with Gasteiger partial charge in [0.05, 0.1) is 6.54 Å². The van der Waals surface area contributed by atoms with E-state index in [1.54, 1.807) is 13.1 Å². The Morgan fingerprint density at radius 3 is 2.62 bits per heavy atom. The van der Waals surface area contributed by atoms with Crippen LogP contribution in [0.5, 0.6) is 0 Å². The summed E-state index contributed by atoms with van der Waals surface area (Å²) in [6.07, 6.45) is 0.694. The number of aromatic nitrogens is 1. The Morgan fingerprint density at radius 1 is 1.38 bits per heavy atom. The summed E-state index contributed by atoms with van der Waals surface area (Å²) in [5.74, 6) is -0.0369. The van der Waals surface area contributed by atoms with Crippen molar-refractivity contribution in [2.24, 2.45) is 5.92 Å². The molecule has 0 atom stereocenters. The van der Waals surface area contributed by atoms with Gasteiger partial charge in [-0.25, -0.2) is 4.98 Å². The third-order valence-corrected chi connectivity index (χ3v) is 3.08. The van der Waals surface area contributed by atoms with Crippen molar-refractivity contribution < 1.29 is 9.59 Å². The lowest BCUT2D eigenvalue weighted by molar-refractivity contribution is -0.121. The number of amides is 2. The predicted molar refractivity (Wildman–Crippen MR) is 83.4 cm³/mol. The number of halogens is 1. The molecular formula is C15H22ClN3O2. The molecule has 0 unspecified atom stereocenters. The zero-order valence-corrected chi connectivity index (χ0v) is 13.7. The minimum absolute atomic E-state index is 0.0208. The van der Waals surface area contributed by atoms with E-state index in [4.69, 9.17) is 11.6 Å². The summed E-state index contributed by atoms with van der Waals surface area (Å²) >= 11 is 5.91. The lowest BCUT2D eigenvalue weighted by Gasteiger charge is -2.17. The van der Waals surface area contributed by atoms with Crippen molar-refractivity contribution in [3.05, 3.63) is 28.5 Å². The Labute approximate surface area is 130 Å². The SMILES string of the molecule is CCc1cc(C(=O)N(C)CC(=O)NCC(C)C)cc(Cl)n1. The van der Waals surface area contributed by atoms with E-state index in [9.17, 15) is 9.59 Å². The number of aryl methyl sites for hydroxylation is 1. The maximum absolute atomic E-state index is 12.3. The second kappa shape index (κ2) is 7.98. The van der Waals surface area contributed by atoms with E-state index < -0.39 is 0 Å². The van der Waals surface area contributed by atoms with Gasteiger partial charge in [-0.1, -0.05) is 32.4 Å². The predicted octanol–water partition coefficient (Wildman–Crippen LogP) is 2.14. The van der Waals surface area contributed by atoms with Gasteiger partial charge in [-0.15, -0.1) is 0 Å². The fourth-order valence-electron chi connectivity index (χ4n) is 1.74. The molecule has 0 aliphatic heterocycles. The number of likely N-dealkylation sites (N-methyl/N-ethyl adjacent to an activating group) is 1. The van der Waals surface area contributed by atoms with Crippen LogP contribution in [0.3, 0.4) is 0 Å². The van der Waals surface area contributed by atoms with Gasteiger partial charge < -0.3 is 10.2 Å². The highest BCUT2D eigenvalue weighted by Gasteiger charge is 2.16. The van der Waals surface area contributed by atoms with Crippen LogP contribution in [0.4, 0.5) is 0 Å². The van der Waals surface area contributed by atoms with Crippen LogP contribution in [0.15, 0.2) is 12.1 Å². The summed E-state index contributed by atoms with van der Waals surface area (Å²) in [6.45, 7) is 6.59. The molecule has 1 N–H and O–H groups in total. The zero-order chi connectivity index (χ0) is 16.0. The highest BCUT2D eigenvalue weighted by atomic mass is 35.5. The molecule has 0 aromatic carbocycles. The molecule has 116 valence electrons. The molecule has 0 saturated heterocycles. The minimum atomic E-state index is -0.242. The molecule has 0 radical (unpaired) electrons. The Kier molecular flexibility index (Phi) is 6.62. The number of carbonyl (C=O) groups is 2. The second-order valence-electron chi connectivity index (χ2n) is 5.38. The molecule has 5 nitrogen and oxygen atoms in total. The fourth-order valence-corrected chi connectivity index (χ4v) is 1.96. The van der Waals surface area contributed by atoms with Gasteiger partial charge >= 0.3 is 0 Å². The van der Waals surface area contributed by atoms with E-state index in [0.29, 0.717) is 24.4 Å². The smallest absolute Gasteiger partial charge is 0.254 e. The Balaban J connectivity index is 2.70. The third kappa shape index (κ3) is 5.71. The van der Waals surface area contributed by atoms with E-state index in [0.717, 1.165) is 5.69 Å². The molecule has 0 fully saturated rings. The van der Waals surface area contributed by atoms with Crippen LogP contribution < -0.4 is 5.32 Å². The normalized spacial score (nSPS) is 10.6. The summed E-state index contributed by atoms with van der Waals surface area (Å²) < 4.78 is 0. The number of hydrogen-bond donors (Lipinski definition) is 1. The summed E-state index contributed by atoms with van der Waals surface area (Å²) in [5, 5.41) is 3.07. The molecular weight excluding hydrogens is 290 g/mol. The number of rotatable bonds is 6. The van der Waals surface area contributed by atoms with Gasteiger partial charge in [-0.05, 0) is 24.5 Å². The van der Waals surface area contributed by atoms with E-state index >= 15 is 0 Å². The van der Waals surface area contributed by atoms with Crippen molar-refractivity contribution in [2.75, 3.05) is 20.1 Å². The van der Waals surface area contributed by atoms with Crippen LogP contribution in [0.25, 0.3) is 0 Å².